The largest absolute Gasteiger partial charge is 0.327 e. The Bertz CT molecular complexity index is 827. The average Bonchev–Trinajstić information content (AvgIpc) is 3.21. The number of carbonyl (C=O) groups is 1. The summed E-state index contributed by atoms with van der Waals surface area (Å²) >= 11 is 0. The lowest BCUT2D eigenvalue weighted by molar-refractivity contribution is -0.116. The van der Waals surface area contributed by atoms with Gasteiger partial charge in [-0.25, -0.2) is 17.8 Å². The number of aromatic nitrogens is 2. The zero-order chi connectivity index (χ0) is 17.2. The summed E-state index contributed by atoms with van der Waals surface area (Å²) in [4.78, 5) is 15.9. The Hall–Kier alpha value is -2.26. The minimum atomic E-state index is -3.59. The molecule has 0 atom stereocenters. The Labute approximate surface area is 139 Å². The molecule has 0 unspecified atom stereocenters. The first-order chi connectivity index (χ1) is 11.4. The van der Waals surface area contributed by atoms with E-state index in [9.17, 15) is 17.6 Å². The minimum Gasteiger partial charge on any atom is -0.327 e. The number of nitrogens with one attached hydrogen (secondary N) is 1. The molecule has 0 radical (unpaired) electrons. The normalized spacial score (nSPS) is 15.5. The zero-order valence-electron chi connectivity index (χ0n) is 12.9. The van der Waals surface area contributed by atoms with E-state index in [1.165, 1.54) is 45.7 Å². The third kappa shape index (κ3) is 3.62. The fourth-order valence-electron chi connectivity index (χ4n) is 2.52. The first kappa shape index (κ1) is 16.6. The molecule has 1 N–H and O–H groups in total. The number of rotatable bonds is 5. The van der Waals surface area contributed by atoms with Crippen LogP contribution in [-0.2, 0) is 21.4 Å². The molecule has 1 aliphatic heterocycles. The molecule has 0 saturated carbocycles. The molecule has 3 rings (SSSR count). The van der Waals surface area contributed by atoms with Crippen molar-refractivity contribution in [2.45, 2.75) is 24.4 Å². The second kappa shape index (κ2) is 6.70. The molecule has 9 heteroatoms. The van der Waals surface area contributed by atoms with Gasteiger partial charge >= 0.3 is 0 Å². The van der Waals surface area contributed by atoms with E-state index in [2.05, 4.69) is 10.3 Å². The van der Waals surface area contributed by atoms with Crippen molar-refractivity contribution in [3.8, 4) is 0 Å². The van der Waals surface area contributed by atoms with Gasteiger partial charge in [-0.05, 0) is 37.1 Å². The van der Waals surface area contributed by atoms with Gasteiger partial charge in [-0.2, -0.15) is 4.31 Å². The zero-order valence-corrected chi connectivity index (χ0v) is 13.7. The van der Waals surface area contributed by atoms with Crippen molar-refractivity contribution < 1.29 is 17.6 Å². The Kier molecular flexibility index (Phi) is 4.63. The Balaban J connectivity index is 1.65. The number of imidazole rings is 1. The van der Waals surface area contributed by atoms with Crippen LogP contribution in [0.3, 0.4) is 0 Å². The summed E-state index contributed by atoms with van der Waals surface area (Å²) < 4.78 is 40.4. The van der Waals surface area contributed by atoms with Gasteiger partial charge in [-0.3, -0.25) is 4.79 Å². The highest BCUT2D eigenvalue weighted by Gasteiger charge is 2.29. The quantitative estimate of drug-likeness (QED) is 0.883. The highest BCUT2D eigenvalue weighted by atomic mass is 32.2. The van der Waals surface area contributed by atoms with Crippen LogP contribution in [0, 0.1) is 5.82 Å². The number of carbonyl (C=O) groups excluding carboxylic acids is 1. The lowest BCUT2D eigenvalue weighted by atomic mass is 10.3. The molecule has 1 amide bonds. The molecule has 0 bridgehead atoms. The van der Waals surface area contributed by atoms with E-state index in [1.807, 2.05) is 0 Å². The first-order valence-electron chi connectivity index (χ1n) is 7.52. The van der Waals surface area contributed by atoms with Crippen LogP contribution in [-0.4, -0.2) is 41.3 Å². The van der Waals surface area contributed by atoms with Gasteiger partial charge in [0.1, 0.15) is 12.4 Å². The van der Waals surface area contributed by atoms with Gasteiger partial charge < -0.3 is 9.88 Å². The van der Waals surface area contributed by atoms with Gasteiger partial charge in [-0.15, -0.1) is 0 Å². The number of halogens is 1. The van der Waals surface area contributed by atoms with Gasteiger partial charge in [-0.1, -0.05) is 0 Å². The monoisotopic (exact) mass is 352 g/mol. The van der Waals surface area contributed by atoms with Crippen molar-refractivity contribution in [1.82, 2.24) is 13.9 Å². The first-order valence-corrected chi connectivity index (χ1v) is 8.96. The van der Waals surface area contributed by atoms with Gasteiger partial charge in [0.15, 0.2) is 5.03 Å². The SMILES string of the molecule is O=C(Cn1cnc(S(=O)(=O)N2CCCC2)c1)Nc1ccc(F)cc1. The van der Waals surface area contributed by atoms with Crippen molar-refractivity contribution in [3.05, 3.63) is 42.6 Å². The molecule has 1 aromatic carbocycles. The Morgan fingerprint density at radius 2 is 1.88 bits per heavy atom. The van der Waals surface area contributed by atoms with Gasteiger partial charge in [0, 0.05) is 25.0 Å². The number of benzene rings is 1. The van der Waals surface area contributed by atoms with Crippen LogP contribution in [0.25, 0.3) is 0 Å². The lowest BCUT2D eigenvalue weighted by Crippen LogP contribution is -2.28. The third-order valence-electron chi connectivity index (χ3n) is 3.73. The van der Waals surface area contributed by atoms with Crippen molar-refractivity contribution in [3.63, 3.8) is 0 Å². The van der Waals surface area contributed by atoms with E-state index in [4.69, 9.17) is 0 Å². The topological polar surface area (TPSA) is 84.3 Å². The molecule has 1 fully saturated rings. The molecule has 1 saturated heterocycles. The van der Waals surface area contributed by atoms with Crippen LogP contribution in [0.5, 0.6) is 0 Å². The molecule has 2 heterocycles. The molecule has 7 nitrogen and oxygen atoms in total. The smallest absolute Gasteiger partial charge is 0.262 e. The molecular weight excluding hydrogens is 335 g/mol. The maximum Gasteiger partial charge on any atom is 0.262 e. The Morgan fingerprint density at radius 3 is 2.54 bits per heavy atom. The van der Waals surface area contributed by atoms with Crippen LogP contribution in [0.2, 0.25) is 0 Å². The number of sulfonamides is 1. The van der Waals surface area contributed by atoms with Crippen molar-refractivity contribution in [2.75, 3.05) is 18.4 Å². The minimum absolute atomic E-state index is 0.0565. The fourth-order valence-corrected chi connectivity index (χ4v) is 3.97. The van der Waals surface area contributed by atoms with Crippen molar-refractivity contribution in [1.29, 1.82) is 0 Å². The second-order valence-electron chi connectivity index (χ2n) is 5.55. The van der Waals surface area contributed by atoms with Crippen LogP contribution < -0.4 is 5.32 Å². The number of amides is 1. The molecule has 0 aliphatic carbocycles. The van der Waals surface area contributed by atoms with E-state index in [1.54, 1.807) is 0 Å². The summed E-state index contributed by atoms with van der Waals surface area (Å²) in [5, 5.41) is 2.55. The van der Waals surface area contributed by atoms with E-state index < -0.39 is 10.0 Å². The molecule has 1 aliphatic rings. The molecule has 0 spiro atoms. The summed E-state index contributed by atoms with van der Waals surface area (Å²) in [6.45, 7) is 0.917. The van der Waals surface area contributed by atoms with Gasteiger partial charge in [0.2, 0.25) is 5.91 Å². The molecule has 24 heavy (non-hydrogen) atoms. The highest BCUT2D eigenvalue weighted by Crippen LogP contribution is 2.19. The van der Waals surface area contributed by atoms with Gasteiger partial charge in [0.25, 0.3) is 10.0 Å². The number of nitrogens with zero attached hydrogens (tertiary/aromatic N) is 3. The predicted octanol–water partition coefficient (Wildman–Crippen LogP) is 1.45. The standard InChI is InChI=1S/C15H17FN4O3S/c16-12-3-5-13(6-4-12)18-14(21)9-19-10-15(17-11-19)24(22,23)20-7-1-2-8-20/h3-6,10-11H,1-2,7-9H2,(H,18,21). The number of hydrogen-bond donors (Lipinski definition) is 1. The number of anilines is 1. The summed E-state index contributed by atoms with van der Waals surface area (Å²) in [6, 6.07) is 5.38. The number of hydrogen-bond acceptors (Lipinski definition) is 4. The van der Waals surface area contributed by atoms with E-state index in [-0.39, 0.29) is 23.3 Å². The van der Waals surface area contributed by atoms with Crippen LogP contribution in [0.15, 0.2) is 41.8 Å². The molecular formula is C15H17FN4O3S. The van der Waals surface area contributed by atoms with Crippen LogP contribution in [0.4, 0.5) is 10.1 Å². The molecule has 1 aromatic heterocycles. The summed E-state index contributed by atoms with van der Waals surface area (Å²) in [7, 11) is -3.59. The maximum atomic E-state index is 12.8. The third-order valence-corrected chi connectivity index (χ3v) is 5.52. The van der Waals surface area contributed by atoms with E-state index in [0.29, 0.717) is 18.8 Å². The van der Waals surface area contributed by atoms with E-state index in [0.717, 1.165) is 12.8 Å². The predicted molar refractivity (Wildman–Crippen MR) is 85.2 cm³/mol. The molecule has 128 valence electrons. The van der Waals surface area contributed by atoms with Crippen molar-refractivity contribution >= 4 is 21.6 Å². The molecule has 2 aromatic rings. The summed E-state index contributed by atoms with van der Waals surface area (Å²) in [6.07, 6.45) is 4.35. The highest BCUT2D eigenvalue weighted by molar-refractivity contribution is 7.89. The maximum absolute atomic E-state index is 12.8. The van der Waals surface area contributed by atoms with E-state index >= 15 is 0 Å². The Morgan fingerprint density at radius 1 is 1.21 bits per heavy atom. The second-order valence-corrected chi connectivity index (χ2v) is 7.44. The fraction of sp³-hybridized carbons (Fsp3) is 0.333. The lowest BCUT2D eigenvalue weighted by Gasteiger charge is -2.12. The average molecular weight is 352 g/mol. The summed E-state index contributed by atoms with van der Waals surface area (Å²) in [5.74, 6) is -0.747. The van der Waals surface area contributed by atoms with Crippen LogP contribution in [0.1, 0.15) is 12.8 Å². The summed E-state index contributed by atoms with van der Waals surface area (Å²) in [5.41, 5.74) is 0.464. The van der Waals surface area contributed by atoms with Crippen LogP contribution >= 0.6 is 0 Å². The van der Waals surface area contributed by atoms with Gasteiger partial charge in [0.05, 0.1) is 6.33 Å². The van der Waals surface area contributed by atoms with Crippen molar-refractivity contribution in [2.24, 2.45) is 0 Å².